The molecule has 3 aromatic carbocycles. The van der Waals surface area contributed by atoms with Gasteiger partial charge in [-0.15, -0.1) is 0 Å². The number of nitrogens with zero attached hydrogens (tertiary/aromatic N) is 2. The van der Waals surface area contributed by atoms with Crippen LogP contribution in [0.4, 0.5) is 5.69 Å². The van der Waals surface area contributed by atoms with Gasteiger partial charge in [-0.2, -0.15) is 0 Å². The molecule has 0 aliphatic carbocycles. The van der Waals surface area contributed by atoms with Gasteiger partial charge in [0.1, 0.15) is 12.6 Å². The number of amides is 2. The van der Waals surface area contributed by atoms with Crippen molar-refractivity contribution in [2.75, 3.05) is 10.8 Å². The molecule has 0 saturated heterocycles. The van der Waals surface area contributed by atoms with Gasteiger partial charge in [0.25, 0.3) is 10.0 Å². The average Bonchev–Trinajstić information content (AvgIpc) is 2.94. The number of hydrogen-bond acceptors (Lipinski definition) is 4. The highest BCUT2D eigenvalue weighted by Gasteiger charge is 2.34. The maximum atomic E-state index is 14.2. The molecule has 0 saturated carbocycles. The molecule has 9 heteroatoms. The Labute approximate surface area is 249 Å². The van der Waals surface area contributed by atoms with Crippen LogP contribution in [-0.4, -0.2) is 43.8 Å². The first kappa shape index (κ1) is 32.2. The summed E-state index contributed by atoms with van der Waals surface area (Å²) in [6.45, 7) is 11.2. The second kappa shape index (κ2) is 14.0. The van der Waals surface area contributed by atoms with Crippen molar-refractivity contribution in [2.45, 2.75) is 77.9 Å². The second-order valence-corrected chi connectivity index (χ2v) is 12.8. The molecule has 2 amide bonds. The van der Waals surface area contributed by atoms with Crippen molar-refractivity contribution >= 4 is 39.1 Å². The van der Waals surface area contributed by atoms with Crippen molar-refractivity contribution in [1.29, 1.82) is 0 Å². The first-order valence-corrected chi connectivity index (χ1v) is 15.7. The number of sulfonamides is 1. The number of rotatable bonds is 12. The topological polar surface area (TPSA) is 86.8 Å². The van der Waals surface area contributed by atoms with Crippen molar-refractivity contribution in [2.24, 2.45) is 0 Å². The van der Waals surface area contributed by atoms with E-state index in [9.17, 15) is 18.0 Å². The molecule has 0 spiro atoms. The highest BCUT2D eigenvalue weighted by atomic mass is 35.5. The van der Waals surface area contributed by atoms with E-state index in [1.54, 1.807) is 12.1 Å². The van der Waals surface area contributed by atoms with Crippen molar-refractivity contribution in [3.63, 3.8) is 0 Å². The second-order valence-electron chi connectivity index (χ2n) is 10.5. The summed E-state index contributed by atoms with van der Waals surface area (Å²) in [6.07, 6.45) is 1.11. The lowest BCUT2D eigenvalue weighted by atomic mass is 10.1. The van der Waals surface area contributed by atoms with Gasteiger partial charge < -0.3 is 10.2 Å². The van der Waals surface area contributed by atoms with E-state index in [0.717, 1.165) is 33.0 Å². The molecule has 3 aromatic rings. The van der Waals surface area contributed by atoms with Gasteiger partial charge in [0.2, 0.25) is 11.8 Å². The van der Waals surface area contributed by atoms with Crippen LogP contribution in [0.15, 0.2) is 71.6 Å². The quantitative estimate of drug-likeness (QED) is 0.270. The zero-order chi connectivity index (χ0) is 30.3. The Bertz CT molecular complexity index is 1460. The lowest BCUT2D eigenvalue weighted by Gasteiger charge is -2.34. The minimum absolute atomic E-state index is 0.0135. The minimum atomic E-state index is -4.16. The Kier molecular flexibility index (Phi) is 11.0. The molecule has 0 aromatic heterocycles. The molecule has 2 atom stereocenters. The highest BCUT2D eigenvalue weighted by Crippen LogP contribution is 2.27. The standard InChI is InChI=1S/C32H40ClN3O4S/c1-7-25(6)34-32(38)30(8-2)35(20-26-12-9-22(3)10-13-26)31(37)21-36(28-16-11-23(4)24(5)19-28)41(39,40)29-17-14-27(33)15-18-29/h9-19,25,30H,7-8,20-21H2,1-6H3,(H,34,38)/t25-,30+/m0/s1. The van der Waals surface area contributed by atoms with Gasteiger partial charge in [-0.05, 0) is 93.6 Å². The fourth-order valence-corrected chi connectivity index (χ4v) is 5.93. The number of aryl methyl sites for hydroxylation is 3. The van der Waals surface area contributed by atoms with Crippen molar-refractivity contribution in [3.05, 3.63) is 94.0 Å². The number of anilines is 1. The van der Waals surface area contributed by atoms with Crippen LogP contribution < -0.4 is 9.62 Å². The summed E-state index contributed by atoms with van der Waals surface area (Å²) in [7, 11) is -4.16. The summed E-state index contributed by atoms with van der Waals surface area (Å²) in [4.78, 5) is 29.0. The minimum Gasteiger partial charge on any atom is -0.352 e. The van der Waals surface area contributed by atoms with Crippen LogP contribution in [0.3, 0.4) is 0 Å². The number of carbonyl (C=O) groups excluding carboxylic acids is 2. The van der Waals surface area contributed by atoms with Gasteiger partial charge in [-0.25, -0.2) is 8.42 Å². The molecule has 0 fully saturated rings. The Morgan fingerprint density at radius 3 is 2.07 bits per heavy atom. The molecule has 0 unspecified atom stereocenters. The molecule has 0 aliphatic rings. The van der Waals surface area contributed by atoms with E-state index >= 15 is 0 Å². The van der Waals surface area contributed by atoms with Crippen LogP contribution in [0.25, 0.3) is 0 Å². The molecule has 41 heavy (non-hydrogen) atoms. The maximum absolute atomic E-state index is 14.2. The van der Waals surface area contributed by atoms with E-state index in [0.29, 0.717) is 17.1 Å². The fraction of sp³-hybridized carbons (Fsp3) is 0.375. The molecule has 0 bridgehead atoms. The number of carbonyl (C=O) groups is 2. The van der Waals surface area contributed by atoms with Gasteiger partial charge in [0.15, 0.2) is 0 Å². The molecule has 0 aliphatic heterocycles. The number of nitrogens with one attached hydrogen (secondary N) is 1. The van der Waals surface area contributed by atoms with E-state index in [4.69, 9.17) is 11.6 Å². The van der Waals surface area contributed by atoms with Gasteiger partial charge in [0, 0.05) is 17.6 Å². The predicted molar refractivity (Wildman–Crippen MR) is 166 cm³/mol. The molecule has 0 radical (unpaired) electrons. The number of hydrogen-bond donors (Lipinski definition) is 1. The van der Waals surface area contributed by atoms with Crippen molar-refractivity contribution in [1.82, 2.24) is 10.2 Å². The monoisotopic (exact) mass is 597 g/mol. The fourth-order valence-electron chi connectivity index (χ4n) is 4.39. The van der Waals surface area contributed by atoms with Crippen LogP contribution in [0.5, 0.6) is 0 Å². The Morgan fingerprint density at radius 2 is 1.51 bits per heavy atom. The maximum Gasteiger partial charge on any atom is 0.264 e. The Balaban J connectivity index is 2.08. The molecular formula is C32H40ClN3O4S. The number of benzene rings is 3. The smallest absolute Gasteiger partial charge is 0.264 e. The zero-order valence-electron chi connectivity index (χ0n) is 24.6. The van der Waals surface area contributed by atoms with E-state index in [-0.39, 0.29) is 23.4 Å². The SMILES string of the molecule is CC[C@H](C(=O)N[C@@H](C)CC)N(Cc1ccc(C)cc1)C(=O)CN(c1ccc(C)c(C)c1)S(=O)(=O)c1ccc(Cl)cc1. The third kappa shape index (κ3) is 8.11. The highest BCUT2D eigenvalue weighted by molar-refractivity contribution is 7.92. The van der Waals surface area contributed by atoms with Gasteiger partial charge in [-0.1, -0.05) is 61.3 Å². The van der Waals surface area contributed by atoms with Crippen LogP contribution in [0.2, 0.25) is 5.02 Å². The van der Waals surface area contributed by atoms with Crippen LogP contribution >= 0.6 is 11.6 Å². The average molecular weight is 598 g/mol. The summed E-state index contributed by atoms with van der Waals surface area (Å²) in [5, 5.41) is 3.40. The summed E-state index contributed by atoms with van der Waals surface area (Å²) in [5.41, 5.74) is 4.17. The van der Waals surface area contributed by atoms with Crippen LogP contribution in [-0.2, 0) is 26.2 Å². The lowest BCUT2D eigenvalue weighted by Crippen LogP contribution is -2.53. The van der Waals surface area contributed by atoms with Gasteiger partial charge in [0.05, 0.1) is 10.6 Å². The first-order valence-electron chi connectivity index (χ1n) is 13.9. The lowest BCUT2D eigenvalue weighted by molar-refractivity contribution is -0.140. The molecule has 1 N–H and O–H groups in total. The van der Waals surface area contributed by atoms with Gasteiger partial charge >= 0.3 is 0 Å². The first-order chi connectivity index (χ1) is 19.4. The third-order valence-corrected chi connectivity index (χ3v) is 9.36. The van der Waals surface area contributed by atoms with E-state index in [2.05, 4.69) is 5.32 Å². The largest absolute Gasteiger partial charge is 0.352 e. The van der Waals surface area contributed by atoms with Crippen molar-refractivity contribution in [3.8, 4) is 0 Å². The van der Waals surface area contributed by atoms with Crippen molar-refractivity contribution < 1.29 is 18.0 Å². The summed E-state index contributed by atoms with van der Waals surface area (Å²) < 4.78 is 29.1. The molecular weight excluding hydrogens is 558 g/mol. The van der Waals surface area contributed by atoms with E-state index < -0.39 is 28.5 Å². The van der Waals surface area contributed by atoms with Crippen LogP contribution in [0.1, 0.15) is 55.9 Å². The van der Waals surface area contributed by atoms with E-state index in [1.807, 2.05) is 71.9 Å². The summed E-state index contributed by atoms with van der Waals surface area (Å²) >= 11 is 6.03. The Morgan fingerprint density at radius 1 is 0.878 bits per heavy atom. The molecule has 7 nitrogen and oxygen atoms in total. The third-order valence-electron chi connectivity index (χ3n) is 7.32. The van der Waals surface area contributed by atoms with Gasteiger partial charge in [-0.3, -0.25) is 13.9 Å². The summed E-state index contributed by atoms with van der Waals surface area (Å²) in [6, 6.07) is 18.0. The zero-order valence-corrected chi connectivity index (χ0v) is 26.2. The number of halogens is 1. The normalized spacial score (nSPS) is 12.9. The summed E-state index contributed by atoms with van der Waals surface area (Å²) in [5.74, 6) is -0.743. The molecule has 220 valence electrons. The molecule has 3 rings (SSSR count). The Hall–Kier alpha value is -3.36. The van der Waals surface area contributed by atoms with Crippen LogP contribution in [0, 0.1) is 20.8 Å². The van der Waals surface area contributed by atoms with E-state index in [1.165, 1.54) is 29.2 Å². The predicted octanol–water partition coefficient (Wildman–Crippen LogP) is 6.18. The molecule has 0 heterocycles.